The van der Waals surface area contributed by atoms with E-state index < -0.39 is 35.1 Å². The van der Waals surface area contributed by atoms with Gasteiger partial charge in [-0.2, -0.15) is 8.78 Å². The van der Waals surface area contributed by atoms with Crippen LogP contribution in [-0.2, 0) is 0 Å². The van der Waals surface area contributed by atoms with Crippen LogP contribution in [0.1, 0.15) is 0 Å². The molecule has 3 nitrogen and oxygen atoms in total. The number of nitrogens with one attached hydrogen (secondary N) is 1. The molecule has 0 aliphatic heterocycles. The average molecular weight is 223 g/mol. The molecule has 0 bridgehead atoms. The molecule has 1 aromatic carbocycles. The van der Waals surface area contributed by atoms with E-state index in [1.165, 1.54) is 0 Å². The number of amides is 1. The Morgan fingerprint density at radius 2 is 1.67 bits per heavy atom. The Kier molecular flexibility index (Phi) is 3.13. The van der Waals surface area contributed by atoms with Gasteiger partial charge in [-0.3, -0.25) is 0 Å². The fourth-order valence-electron chi connectivity index (χ4n) is 0.785. The molecule has 82 valence electrons. The third kappa shape index (κ3) is 2.17. The van der Waals surface area contributed by atoms with Gasteiger partial charge in [0, 0.05) is 13.1 Å². The average Bonchev–Trinajstić information content (AvgIpc) is 2.21. The molecule has 0 saturated carbocycles. The number of benzene rings is 1. The van der Waals surface area contributed by atoms with Gasteiger partial charge in [-0.15, -0.1) is 0 Å². The van der Waals surface area contributed by atoms with Crippen molar-refractivity contribution < 1.29 is 27.1 Å². The van der Waals surface area contributed by atoms with Gasteiger partial charge in [0.15, 0.2) is 11.6 Å². The molecule has 0 aliphatic rings. The first-order valence-corrected chi connectivity index (χ1v) is 3.70. The molecule has 1 amide bonds. The summed E-state index contributed by atoms with van der Waals surface area (Å²) < 4.78 is 54.9. The molecule has 15 heavy (non-hydrogen) atoms. The molecule has 0 fully saturated rings. The van der Waals surface area contributed by atoms with Gasteiger partial charge in [-0.05, 0) is 0 Å². The van der Waals surface area contributed by atoms with Crippen LogP contribution in [0.3, 0.4) is 0 Å². The van der Waals surface area contributed by atoms with Gasteiger partial charge >= 0.3 is 6.09 Å². The van der Waals surface area contributed by atoms with Gasteiger partial charge in [-0.1, -0.05) is 0 Å². The summed E-state index contributed by atoms with van der Waals surface area (Å²) >= 11 is 0. The van der Waals surface area contributed by atoms with Crippen LogP contribution in [0.4, 0.5) is 22.4 Å². The van der Waals surface area contributed by atoms with Crippen molar-refractivity contribution in [1.82, 2.24) is 5.32 Å². The highest BCUT2D eigenvalue weighted by Crippen LogP contribution is 2.26. The second kappa shape index (κ2) is 4.16. The maximum absolute atomic E-state index is 12.9. The highest BCUT2D eigenvalue weighted by atomic mass is 19.2. The largest absolute Gasteiger partial charge is 0.412 e. The minimum atomic E-state index is -1.77. The van der Waals surface area contributed by atoms with Gasteiger partial charge in [0.25, 0.3) is 0 Å². The Hall–Kier alpha value is -1.79. The first kappa shape index (κ1) is 11.3. The van der Waals surface area contributed by atoms with E-state index >= 15 is 0 Å². The number of hydrogen-bond donors (Lipinski definition) is 1. The molecule has 0 saturated heterocycles. The Labute approximate surface area is 81.6 Å². The normalized spacial score (nSPS) is 9.93. The first-order valence-electron chi connectivity index (χ1n) is 3.70. The maximum atomic E-state index is 12.9. The second-order valence-corrected chi connectivity index (χ2v) is 2.44. The van der Waals surface area contributed by atoms with Crippen LogP contribution >= 0.6 is 0 Å². The number of carbonyl (C=O) groups is 1. The summed E-state index contributed by atoms with van der Waals surface area (Å²) in [6, 6.07) is 0.0153. The number of ether oxygens (including phenoxy) is 1. The van der Waals surface area contributed by atoms with Gasteiger partial charge < -0.3 is 10.1 Å². The molecule has 0 unspecified atom stereocenters. The van der Waals surface area contributed by atoms with E-state index in [4.69, 9.17) is 0 Å². The SMILES string of the molecule is CNC(=O)Oc1c(F)c(F)cc(F)c1F. The van der Waals surface area contributed by atoms with Gasteiger partial charge in [-0.25, -0.2) is 13.6 Å². The van der Waals surface area contributed by atoms with Crippen molar-refractivity contribution in [2.75, 3.05) is 7.05 Å². The molecular weight excluding hydrogens is 218 g/mol. The fourth-order valence-corrected chi connectivity index (χ4v) is 0.785. The lowest BCUT2D eigenvalue weighted by atomic mass is 10.3. The zero-order valence-corrected chi connectivity index (χ0v) is 7.41. The molecule has 0 heterocycles. The van der Waals surface area contributed by atoms with Crippen LogP contribution in [0.15, 0.2) is 6.07 Å². The van der Waals surface area contributed by atoms with E-state index in [9.17, 15) is 22.4 Å². The first-order chi connectivity index (χ1) is 6.97. The summed E-state index contributed by atoms with van der Waals surface area (Å²) in [5, 5.41) is 1.87. The molecule has 1 N–H and O–H groups in total. The number of carbonyl (C=O) groups excluding carboxylic acids is 1. The Bertz CT molecular complexity index is 382. The highest BCUT2D eigenvalue weighted by molar-refractivity contribution is 5.70. The molecular formula is C8H5F4NO2. The van der Waals surface area contributed by atoms with Crippen molar-refractivity contribution in [2.45, 2.75) is 0 Å². The van der Waals surface area contributed by atoms with E-state index in [1.807, 2.05) is 5.32 Å². The van der Waals surface area contributed by atoms with Gasteiger partial charge in [0.1, 0.15) is 0 Å². The predicted octanol–water partition coefficient (Wildman–Crippen LogP) is 1.96. The van der Waals surface area contributed by atoms with Crippen LogP contribution in [0, 0.1) is 23.3 Å². The van der Waals surface area contributed by atoms with Crippen LogP contribution in [0.5, 0.6) is 5.75 Å². The van der Waals surface area contributed by atoms with Crippen molar-refractivity contribution in [1.29, 1.82) is 0 Å². The summed E-state index contributed by atoms with van der Waals surface area (Å²) in [5.74, 6) is -8.23. The third-order valence-corrected chi connectivity index (χ3v) is 1.47. The molecule has 1 aromatic rings. The van der Waals surface area contributed by atoms with E-state index in [1.54, 1.807) is 0 Å². The summed E-state index contributed by atoms with van der Waals surface area (Å²) in [7, 11) is 1.12. The van der Waals surface area contributed by atoms with Crippen molar-refractivity contribution >= 4 is 6.09 Å². The number of hydrogen-bond acceptors (Lipinski definition) is 2. The van der Waals surface area contributed by atoms with E-state index in [0.29, 0.717) is 0 Å². The smallest absolute Gasteiger partial charge is 0.404 e. The molecule has 0 atom stereocenters. The van der Waals surface area contributed by atoms with Crippen molar-refractivity contribution in [3.8, 4) is 5.75 Å². The number of halogens is 4. The summed E-state index contributed by atoms with van der Waals surface area (Å²) in [6.45, 7) is 0. The van der Waals surface area contributed by atoms with Crippen molar-refractivity contribution in [2.24, 2.45) is 0 Å². The Balaban J connectivity index is 3.21. The van der Waals surface area contributed by atoms with Crippen LogP contribution in [0.2, 0.25) is 0 Å². The topological polar surface area (TPSA) is 38.3 Å². The van der Waals surface area contributed by atoms with E-state index in [0.717, 1.165) is 7.05 Å². The fraction of sp³-hybridized carbons (Fsp3) is 0.125. The zero-order chi connectivity index (χ0) is 11.6. The monoisotopic (exact) mass is 223 g/mol. The maximum Gasteiger partial charge on any atom is 0.412 e. The predicted molar refractivity (Wildman–Crippen MR) is 41.4 cm³/mol. The van der Waals surface area contributed by atoms with Crippen LogP contribution in [0.25, 0.3) is 0 Å². The lowest BCUT2D eigenvalue weighted by Crippen LogP contribution is -2.23. The molecule has 0 radical (unpaired) electrons. The third-order valence-electron chi connectivity index (χ3n) is 1.47. The summed E-state index contributed by atoms with van der Waals surface area (Å²) in [6.07, 6.45) is -1.24. The Morgan fingerprint density at radius 3 is 2.07 bits per heavy atom. The minimum absolute atomic E-state index is 0.0153. The van der Waals surface area contributed by atoms with Gasteiger partial charge in [0.2, 0.25) is 17.4 Å². The molecule has 1 rings (SSSR count). The minimum Gasteiger partial charge on any atom is -0.404 e. The standard InChI is InChI=1S/C8H5F4NO2/c1-13-8(14)15-7-5(11)3(9)2-4(10)6(7)12/h2H,1H3,(H,13,14). The van der Waals surface area contributed by atoms with Crippen molar-refractivity contribution in [3.63, 3.8) is 0 Å². The summed E-state index contributed by atoms with van der Waals surface area (Å²) in [5.41, 5.74) is 0. The van der Waals surface area contributed by atoms with E-state index in [2.05, 4.69) is 4.74 Å². The van der Waals surface area contributed by atoms with Gasteiger partial charge in [0.05, 0.1) is 0 Å². The van der Waals surface area contributed by atoms with E-state index in [-0.39, 0.29) is 6.07 Å². The van der Waals surface area contributed by atoms with Crippen molar-refractivity contribution in [3.05, 3.63) is 29.3 Å². The summed E-state index contributed by atoms with van der Waals surface area (Å²) in [4.78, 5) is 10.6. The quantitative estimate of drug-likeness (QED) is 0.583. The second-order valence-electron chi connectivity index (χ2n) is 2.44. The molecule has 0 aromatic heterocycles. The lowest BCUT2D eigenvalue weighted by molar-refractivity contribution is 0.197. The van der Waals surface area contributed by atoms with Crippen LogP contribution in [-0.4, -0.2) is 13.1 Å². The number of rotatable bonds is 1. The molecule has 0 spiro atoms. The highest BCUT2D eigenvalue weighted by Gasteiger charge is 2.22. The molecule has 7 heteroatoms. The molecule has 0 aliphatic carbocycles. The van der Waals surface area contributed by atoms with Crippen LogP contribution < -0.4 is 10.1 Å². The zero-order valence-electron chi connectivity index (χ0n) is 7.41. The Morgan fingerprint density at radius 1 is 1.20 bits per heavy atom. The lowest BCUT2D eigenvalue weighted by Gasteiger charge is -2.06.